The van der Waals surface area contributed by atoms with E-state index in [0.29, 0.717) is 60.6 Å². The Bertz CT molecular complexity index is 2770. The summed E-state index contributed by atoms with van der Waals surface area (Å²) in [7, 11) is 0. The van der Waals surface area contributed by atoms with Crippen LogP contribution in [-0.2, 0) is 26.7 Å². The van der Waals surface area contributed by atoms with Crippen LogP contribution in [0.4, 0.5) is 28.9 Å². The number of hydrogen-bond donors (Lipinski definition) is 2. The van der Waals surface area contributed by atoms with Crippen molar-refractivity contribution in [2.45, 2.75) is 81.7 Å². The minimum absolute atomic E-state index is 0.0295. The Kier molecular flexibility index (Phi) is 10.1. The molecule has 2 bridgehead atoms. The largest absolute Gasteiger partial charge is 0.491 e. The lowest BCUT2D eigenvalue weighted by Gasteiger charge is -2.24. The molecule has 4 atom stereocenters. The van der Waals surface area contributed by atoms with Gasteiger partial charge in [-0.2, -0.15) is 0 Å². The maximum Gasteiger partial charge on any atom is 0.280 e. The first-order valence-corrected chi connectivity index (χ1v) is 21.0. The second-order valence-corrected chi connectivity index (χ2v) is 17.2. The third kappa shape index (κ3) is 7.51. The number of nitrogens with one attached hydrogen (secondary N) is 2. The number of halogens is 4. The number of pyridine rings is 4. The van der Waals surface area contributed by atoms with Gasteiger partial charge in [-0.15, -0.1) is 0 Å². The molecule has 10 rings (SSSR count). The number of rotatable bonds is 14. The van der Waals surface area contributed by atoms with E-state index >= 15 is 0 Å². The quantitative estimate of drug-likeness (QED) is 0.103. The molecule has 6 aromatic heterocycles. The first kappa shape index (κ1) is 40.9. The average molecular weight is 869 g/mol. The lowest BCUT2D eigenvalue weighted by molar-refractivity contribution is -0.00627. The van der Waals surface area contributed by atoms with Crippen LogP contribution in [0.2, 0.25) is 0 Å². The second kappa shape index (κ2) is 15.6. The predicted octanol–water partition coefficient (Wildman–Crippen LogP) is 8.06. The van der Waals surface area contributed by atoms with Gasteiger partial charge in [0.2, 0.25) is 0 Å². The lowest BCUT2D eigenvalue weighted by Crippen LogP contribution is -2.26. The summed E-state index contributed by atoms with van der Waals surface area (Å²) in [6.07, 6.45) is 5.87. The van der Waals surface area contributed by atoms with Gasteiger partial charge in [-0.1, -0.05) is 12.1 Å². The third-order valence-electron chi connectivity index (χ3n) is 13.0. The van der Waals surface area contributed by atoms with Crippen molar-refractivity contribution in [3.05, 3.63) is 107 Å². The molecule has 2 saturated heterocycles. The monoisotopic (exact) mass is 868 g/mol. The Morgan fingerprint density at radius 3 is 2.21 bits per heavy atom. The topological polar surface area (TPSA) is 156 Å². The van der Waals surface area contributed by atoms with E-state index in [1.54, 1.807) is 28.9 Å². The molecule has 18 heteroatoms. The Labute approximate surface area is 358 Å². The maximum absolute atomic E-state index is 14.1. The molecule has 14 nitrogen and oxygen atoms in total. The molecule has 4 fully saturated rings. The minimum atomic E-state index is -2.95. The Morgan fingerprint density at radius 2 is 1.54 bits per heavy atom. The van der Waals surface area contributed by atoms with Crippen molar-refractivity contribution in [1.82, 2.24) is 28.7 Å². The fraction of sp³-hybridized carbons (Fsp3) is 0.422. The number of ether oxygens (including phenoxy) is 4. The van der Waals surface area contributed by atoms with E-state index in [0.717, 1.165) is 55.6 Å². The van der Waals surface area contributed by atoms with Gasteiger partial charge in [-0.3, -0.25) is 9.59 Å². The first-order valence-electron chi connectivity index (χ1n) is 21.0. The molecular formula is C45H44F4N8O6. The van der Waals surface area contributed by atoms with E-state index in [1.807, 2.05) is 23.7 Å². The van der Waals surface area contributed by atoms with Gasteiger partial charge in [-0.25, -0.2) is 37.5 Å². The van der Waals surface area contributed by atoms with Crippen LogP contribution >= 0.6 is 0 Å². The molecule has 2 aliphatic heterocycles. The molecule has 2 aliphatic carbocycles. The summed E-state index contributed by atoms with van der Waals surface area (Å²) in [5.41, 5.74) is 1.65. The van der Waals surface area contributed by atoms with Gasteiger partial charge in [0.05, 0.1) is 43.4 Å². The zero-order chi connectivity index (χ0) is 43.7. The highest BCUT2D eigenvalue weighted by Crippen LogP contribution is 2.58. The number of carbonyl (C=O) groups is 2. The number of anilines is 2. The summed E-state index contributed by atoms with van der Waals surface area (Å²) in [4.78, 5) is 45.3. The van der Waals surface area contributed by atoms with E-state index < -0.39 is 36.1 Å². The molecule has 2 unspecified atom stereocenters. The zero-order valence-electron chi connectivity index (χ0n) is 34.5. The van der Waals surface area contributed by atoms with Crippen molar-refractivity contribution >= 4 is 34.5 Å². The lowest BCUT2D eigenvalue weighted by atomic mass is 9.84. The van der Waals surface area contributed by atoms with Gasteiger partial charge in [0.25, 0.3) is 24.7 Å². The molecule has 0 spiro atoms. The zero-order valence-corrected chi connectivity index (χ0v) is 34.5. The molecule has 2 amide bonds. The van der Waals surface area contributed by atoms with Gasteiger partial charge in [0.15, 0.2) is 0 Å². The number of nitrogens with zero attached hydrogens (tertiary/aromatic N) is 6. The fourth-order valence-electron chi connectivity index (χ4n) is 9.55. The maximum atomic E-state index is 14.1. The summed E-state index contributed by atoms with van der Waals surface area (Å²) in [5, 5.41) is 5.59. The number of carbonyl (C=O) groups excluding carboxylic acids is 2. The summed E-state index contributed by atoms with van der Waals surface area (Å²) < 4.78 is 82.6. The van der Waals surface area contributed by atoms with Crippen molar-refractivity contribution in [2.75, 3.05) is 43.7 Å². The summed E-state index contributed by atoms with van der Waals surface area (Å²) in [5.74, 6) is -0.541. The number of alkyl halides is 4. The van der Waals surface area contributed by atoms with Crippen LogP contribution in [0.5, 0.6) is 11.5 Å². The van der Waals surface area contributed by atoms with Gasteiger partial charge in [0, 0.05) is 60.8 Å². The van der Waals surface area contributed by atoms with Crippen molar-refractivity contribution < 1.29 is 46.1 Å². The molecule has 4 aliphatic rings. The van der Waals surface area contributed by atoms with Crippen molar-refractivity contribution in [3.63, 3.8) is 0 Å². The highest BCUT2D eigenvalue weighted by atomic mass is 19.3. The van der Waals surface area contributed by atoms with E-state index in [1.165, 1.54) is 18.2 Å². The molecule has 328 valence electrons. The minimum Gasteiger partial charge on any atom is -0.491 e. The van der Waals surface area contributed by atoms with E-state index in [9.17, 15) is 27.2 Å². The number of amides is 2. The van der Waals surface area contributed by atoms with Crippen molar-refractivity contribution in [3.8, 4) is 11.5 Å². The Hall–Kier alpha value is -6.14. The van der Waals surface area contributed by atoms with Crippen LogP contribution in [0.15, 0.2) is 67.3 Å². The number of fused-ring (bicyclic) bond motifs is 5. The predicted molar refractivity (Wildman–Crippen MR) is 220 cm³/mol. The molecule has 2 N–H and O–H groups in total. The van der Waals surface area contributed by atoms with E-state index in [2.05, 4.69) is 27.5 Å². The van der Waals surface area contributed by atoms with Crippen LogP contribution in [0.25, 0.3) is 11.3 Å². The van der Waals surface area contributed by atoms with E-state index in [-0.39, 0.29) is 52.3 Å². The Morgan fingerprint density at radius 1 is 0.841 bits per heavy atom. The molecule has 6 aromatic rings. The molecule has 0 radical (unpaired) electrons. The molecular weight excluding hydrogens is 825 g/mol. The number of hydrogen-bond acceptors (Lipinski definition) is 10. The molecule has 2 saturated carbocycles. The summed E-state index contributed by atoms with van der Waals surface area (Å²) in [6.45, 7) is 6.00. The van der Waals surface area contributed by atoms with Crippen LogP contribution in [0, 0.1) is 5.92 Å². The normalized spacial score (nSPS) is 23.7. The summed E-state index contributed by atoms with van der Waals surface area (Å²) in [6, 6.07) is 9.74. The van der Waals surface area contributed by atoms with Crippen molar-refractivity contribution in [1.29, 1.82) is 0 Å². The number of imidazole rings is 2. The Balaban J connectivity index is 0.927. The van der Waals surface area contributed by atoms with Gasteiger partial charge in [-0.05, 0) is 75.6 Å². The van der Waals surface area contributed by atoms with Crippen LogP contribution < -0.4 is 20.1 Å². The molecule has 8 heterocycles. The van der Waals surface area contributed by atoms with Gasteiger partial charge in [0.1, 0.15) is 56.9 Å². The van der Waals surface area contributed by atoms with Crippen molar-refractivity contribution in [2.24, 2.45) is 5.92 Å². The smallest absolute Gasteiger partial charge is 0.280 e. The summed E-state index contributed by atoms with van der Waals surface area (Å²) >= 11 is 0. The second-order valence-electron chi connectivity index (χ2n) is 17.2. The highest BCUT2D eigenvalue weighted by Gasteiger charge is 2.58. The van der Waals surface area contributed by atoms with E-state index in [4.69, 9.17) is 28.9 Å². The van der Waals surface area contributed by atoms with Gasteiger partial charge >= 0.3 is 0 Å². The SMILES string of the molecule is CCOc1cc2nc([C@]34CCOC[C@H]3C4)cn2cc1NC(=O)c1nc(C(F)F)ccc1CCOc1cc2nc(C34CCC(C)(C3)OC4)cn2cc1NC(=O)c1cccc(C(F)F)n1. The number of aromatic nitrogens is 6. The van der Waals surface area contributed by atoms with Crippen LogP contribution in [0.1, 0.15) is 108 Å². The standard InChI is InChI=1S/C45H44F4N8O6/c1-3-61-32-15-37-55-35(45-12-14-60-22-26(45)17-45)21-57(37)18-30(32)53-42(59)38-25(7-8-28(51-38)40(48)49)9-13-62-33-16-36-54-34(44-11-10-43(2,23-44)63-24-44)20-56(36)19-31(33)52-41(58)29-6-4-5-27(50-29)39(46)47/h4-8,15-16,18-21,26,39-40H,3,9-14,17,22-24H2,1-2H3,(H,52,58)(H,53,59)/t26-,43?,44?,45+/m1/s1. The third-order valence-corrected chi connectivity index (χ3v) is 13.0. The highest BCUT2D eigenvalue weighted by molar-refractivity contribution is 6.05. The molecule has 63 heavy (non-hydrogen) atoms. The van der Waals surface area contributed by atoms with Crippen LogP contribution in [-0.4, -0.2) is 79.2 Å². The molecule has 0 aromatic carbocycles. The van der Waals surface area contributed by atoms with Gasteiger partial charge < -0.3 is 38.4 Å². The van der Waals surface area contributed by atoms with Crippen LogP contribution in [0.3, 0.4) is 0 Å². The fourth-order valence-corrected chi connectivity index (χ4v) is 9.55. The average Bonchev–Trinajstić information content (AvgIpc) is 3.59. The first-order chi connectivity index (χ1) is 30.3.